The predicted octanol–water partition coefficient (Wildman–Crippen LogP) is 6.34. The zero-order chi connectivity index (χ0) is 26.4. The van der Waals surface area contributed by atoms with Gasteiger partial charge in [-0.3, -0.25) is 4.79 Å². The molecular formula is C31H36FNO3S. The van der Waals surface area contributed by atoms with Crippen molar-refractivity contribution in [3.05, 3.63) is 89.7 Å². The van der Waals surface area contributed by atoms with Gasteiger partial charge < -0.3 is 5.73 Å². The first-order valence-corrected chi connectivity index (χ1v) is 14.8. The van der Waals surface area contributed by atoms with Crippen LogP contribution in [-0.2, 0) is 21.1 Å². The van der Waals surface area contributed by atoms with E-state index in [0.717, 1.165) is 48.8 Å². The van der Waals surface area contributed by atoms with E-state index in [1.54, 1.807) is 24.3 Å². The minimum atomic E-state index is -3.40. The second-order valence-electron chi connectivity index (χ2n) is 10.4. The van der Waals surface area contributed by atoms with Gasteiger partial charge in [-0.05, 0) is 97.0 Å². The molecule has 1 fully saturated rings. The summed E-state index contributed by atoms with van der Waals surface area (Å²) in [5, 5.41) is 0. The zero-order valence-electron chi connectivity index (χ0n) is 21.4. The number of sulfone groups is 1. The molecule has 6 heteroatoms. The summed E-state index contributed by atoms with van der Waals surface area (Å²) in [6, 6.07) is 21.6. The molecule has 0 heterocycles. The molecule has 0 amide bonds. The van der Waals surface area contributed by atoms with E-state index in [1.165, 1.54) is 17.7 Å². The number of nitrogens with two attached hydrogens (primary N) is 1. The first-order chi connectivity index (χ1) is 17.7. The smallest absolute Gasteiger partial charge is 0.178 e. The summed E-state index contributed by atoms with van der Waals surface area (Å²) in [5.41, 5.74) is 9.78. The van der Waals surface area contributed by atoms with Gasteiger partial charge in [0.15, 0.2) is 9.84 Å². The Bertz CT molecular complexity index is 1280. The Kier molecular flexibility index (Phi) is 8.93. The highest BCUT2D eigenvalue weighted by Gasteiger charge is 2.30. The molecule has 2 N–H and O–H groups in total. The highest BCUT2D eigenvalue weighted by molar-refractivity contribution is 7.91. The summed E-state index contributed by atoms with van der Waals surface area (Å²) < 4.78 is 39.4. The van der Waals surface area contributed by atoms with Crippen LogP contribution < -0.4 is 5.73 Å². The molecule has 0 aromatic heterocycles. The molecule has 0 unspecified atom stereocenters. The molecule has 3 aromatic rings. The van der Waals surface area contributed by atoms with Crippen molar-refractivity contribution in [2.45, 2.75) is 56.3 Å². The largest absolute Gasteiger partial charge is 0.330 e. The first kappa shape index (κ1) is 27.2. The Balaban J connectivity index is 1.29. The van der Waals surface area contributed by atoms with Gasteiger partial charge in [0, 0.05) is 12.3 Å². The van der Waals surface area contributed by atoms with Crippen molar-refractivity contribution in [2.75, 3.05) is 12.3 Å². The van der Waals surface area contributed by atoms with E-state index in [-0.39, 0.29) is 35.1 Å². The quantitative estimate of drug-likeness (QED) is 0.338. The third-order valence-electron chi connectivity index (χ3n) is 7.64. The van der Waals surface area contributed by atoms with Crippen LogP contribution in [0.25, 0.3) is 11.1 Å². The number of carbonyl (C=O) groups is 1. The maximum Gasteiger partial charge on any atom is 0.178 e. The Labute approximate surface area is 220 Å². The third kappa shape index (κ3) is 7.14. The lowest BCUT2D eigenvalue weighted by Crippen LogP contribution is -2.26. The molecule has 0 radical (unpaired) electrons. The van der Waals surface area contributed by atoms with E-state index < -0.39 is 9.84 Å². The second-order valence-corrected chi connectivity index (χ2v) is 12.4. The summed E-state index contributed by atoms with van der Waals surface area (Å²) in [7, 11) is -3.40. The van der Waals surface area contributed by atoms with Crippen LogP contribution in [0.2, 0.25) is 0 Å². The van der Waals surface area contributed by atoms with E-state index in [0.29, 0.717) is 17.9 Å². The third-order valence-corrected chi connectivity index (χ3v) is 9.54. The molecule has 0 bridgehead atoms. The Morgan fingerprint density at radius 2 is 1.46 bits per heavy atom. The fourth-order valence-corrected chi connectivity index (χ4v) is 7.02. The number of hydrogen-bond acceptors (Lipinski definition) is 4. The highest BCUT2D eigenvalue weighted by Crippen LogP contribution is 2.34. The Hall–Kier alpha value is -2.83. The lowest BCUT2D eigenvalue weighted by atomic mass is 9.78. The maximum atomic E-state index is 13.2. The van der Waals surface area contributed by atoms with E-state index in [9.17, 15) is 17.6 Å². The molecule has 196 valence electrons. The molecule has 1 atom stereocenters. The van der Waals surface area contributed by atoms with Crippen LogP contribution in [0.15, 0.2) is 77.7 Å². The maximum absolute atomic E-state index is 13.2. The van der Waals surface area contributed by atoms with Crippen LogP contribution in [0, 0.1) is 17.7 Å². The van der Waals surface area contributed by atoms with Gasteiger partial charge in [-0.1, -0.05) is 55.5 Å². The number of ketones is 1. The lowest BCUT2D eigenvalue weighted by Gasteiger charge is -2.28. The van der Waals surface area contributed by atoms with Crippen molar-refractivity contribution < 1.29 is 17.6 Å². The lowest BCUT2D eigenvalue weighted by molar-refractivity contribution is -0.124. The van der Waals surface area contributed by atoms with Gasteiger partial charge in [0.1, 0.15) is 11.6 Å². The van der Waals surface area contributed by atoms with Gasteiger partial charge in [-0.15, -0.1) is 0 Å². The van der Waals surface area contributed by atoms with Crippen LogP contribution in [0.5, 0.6) is 0 Å². The Morgan fingerprint density at radius 3 is 2.03 bits per heavy atom. The number of benzene rings is 3. The van der Waals surface area contributed by atoms with Gasteiger partial charge in [-0.25, -0.2) is 12.8 Å². The average molecular weight is 522 g/mol. The van der Waals surface area contributed by atoms with Gasteiger partial charge >= 0.3 is 0 Å². The fourth-order valence-electron chi connectivity index (χ4n) is 5.32. The van der Waals surface area contributed by atoms with Gasteiger partial charge in [0.25, 0.3) is 0 Å². The zero-order valence-corrected chi connectivity index (χ0v) is 22.2. The van der Waals surface area contributed by atoms with Crippen LogP contribution in [0.4, 0.5) is 4.39 Å². The molecule has 1 saturated carbocycles. The topological polar surface area (TPSA) is 77.2 Å². The molecule has 1 aliphatic carbocycles. The van der Waals surface area contributed by atoms with Crippen molar-refractivity contribution in [3.63, 3.8) is 0 Å². The number of halogens is 1. The molecule has 3 aromatic carbocycles. The summed E-state index contributed by atoms with van der Waals surface area (Å²) in [6.07, 6.45) is 4.22. The number of Topliss-reactive ketones (excluding diaryl/α,β-unsaturated/α-hetero) is 1. The van der Waals surface area contributed by atoms with Crippen molar-refractivity contribution in [3.8, 4) is 11.1 Å². The van der Waals surface area contributed by atoms with Crippen molar-refractivity contribution in [2.24, 2.45) is 17.6 Å². The van der Waals surface area contributed by atoms with E-state index >= 15 is 0 Å². The molecule has 1 aliphatic rings. The van der Waals surface area contributed by atoms with E-state index in [1.807, 2.05) is 31.2 Å². The summed E-state index contributed by atoms with van der Waals surface area (Å²) in [4.78, 5) is 13.2. The van der Waals surface area contributed by atoms with E-state index in [4.69, 9.17) is 5.73 Å². The molecule has 0 aliphatic heterocycles. The molecule has 0 saturated heterocycles. The molecule has 4 rings (SSSR count). The second kappa shape index (κ2) is 12.1. The molecular weight excluding hydrogens is 485 g/mol. The number of rotatable bonds is 10. The van der Waals surface area contributed by atoms with Crippen LogP contribution in [-0.4, -0.2) is 26.5 Å². The summed E-state index contributed by atoms with van der Waals surface area (Å²) in [6.45, 7) is 2.60. The minimum absolute atomic E-state index is 0.0163. The van der Waals surface area contributed by atoms with E-state index in [2.05, 4.69) is 12.1 Å². The summed E-state index contributed by atoms with van der Waals surface area (Å²) >= 11 is 0. The standard InChI is InChI=1S/C31H36FNO3S/c1-22(25-10-14-29(32)15-11-25)20-31(34)28-8-4-24(5-9-28)21-37(35,36)30-16-12-27(13-17-30)26-6-2-23(3-7-26)18-19-33/h2-3,6-7,10-17,22,24,28H,4-5,8-9,18-21,33H2,1H3/t22-,24?,28?/m0/s1. The number of carbonyl (C=O) groups excluding carboxylic acids is 1. The average Bonchev–Trinajstić information content (AvgIpc) is 2.90. The summed E-state index contributed by atoms with van der Waals surface area (Å²) in [5.74, 6) is 0.158. The van der Waals surface area contributed by atoms with Gasteiger partial charge in [-0.2, -0.15) is 0 Å². The first-order valence-electron chi connectivity index (χ1n) is 13.2. The normalized spacial score (nSPS) is 18.9. The number of hydrogen-bond donors (Lipinski definition) is 1. The minimum Gasteiger partial charge on any atom is -0.330 e. The van der Waals surface area contributed by atoms with Gasteiger partial charge in [0.2, 0.25) is 0 Å². The van der Waals surface area contributed by atoms with Crippen molar-refractivity contribution in [1.29, 1.82) is 0 Å². The van der Waals surface area contributed by atoms with Gasteiger partial charge in [0.05, 0.1) is 10.6 Å². The van der Waals surface area contributed by atoms with Crippen molar-refractivity contribution in [1.82, 2.24) is 0 Å². The van der Waals surface area contributed by atoms with Crippen molar-refractivity contribution >= 4 is 15.6 Å². The van der Waals surface area contributed by atoms with Crippen LogP contribution in [0.3, 0.4) is 0 Å². The molecule has 4 nitrogen and oxygen atoms in total. The fraction of sp³-hybridized carbons (Fsp3) is 0.387. The predicted molar refractivity (Wildman–Crippen MR) is 147 cm³/mol. The van der Waals surface area contributed by atoms with Crippen LogP contribution >= 0.6 is 0 Å². The monoisotopic (exact) mass is 521 g/mol. The molecule has 0 spiro atoms. The Morgan fingerprint density at radius 1 is 0.892 bits per heavy atom. The van der Waals surface area contributed by atoms with Crippen LogP contribution in [0.1, 0.15) is 56.1 Å². The SMILES string of the molecule is C[C@@H](CC(=O)C1CCC(CS(=O)(=O)c2ccc(-c3ccc(CCN)cc3)cc2)CC1)c1ccc(F)cc1. The highest BCUT2D eigenvalue weighted by atomic mass is 32.2. The molecule has 37 heavy (non-hydrogen) atoms.